The van der Waals surface area contributed by atoms with Crippen LogP contribution in [-0.4, -0.2) is 27.0 Å². The first-order chi connectivity index (χ1) is 8.66. The number of rotatable bonds is 3. The highest BCUT2D eigenvalue weighted by Gasteiger charge is 2.11. The molecule has 0 aliphatic carbocycles. The lowest BCUT2D eigenvalue weighted by atomic mass is 10.3. The molecule has 0 spiro atoms. The van der Waals surface area contributed by atoms with E-state index < -0.39 is 11.9 Å². The largest absolute Gasteiger partial charge is 0.477 e. The Hall–Kier alpha value is -2.76. The molecule has 2 aromatic heterocycles. The predicted molar refractivity (Wildman–Crippen MR) is 63.4 cm³/mol. The van der Waals surface area contributed by atoms with Gasteiger partial charge in [-0.1, -0.05) is 6.07 Å². The Balaban J connectivity index is 2.19. The van der Waals surface area contributed by atoms with Gasteiger partial charge in [-0.25, -0.2) is 9.78 Å². The van der Waals surface area contributed by atoms with E-state index in [4.69, 9.17) is 5.11 Å². The molecule has 18 heavy (non-hydrogen) atoms. The van der Waals surface area contributed by atoms with Crippen molar-refractivity contribution in [1.82, 2.24) is 9.97 Å². The van der Waals surface area contributed by atoms with Gasteiger partial charge in [0.25, 0.3) is 5.91 Å². The summed E-state index contributed by atoms with van der Waals surface area (Å²) in [7, 11) is 0. The van der Waals surface area contributed by atoms with E-state index in [1.165, 1.54) is 30.6 Å². The van der Waals surface area contributed by atoms with Crippen molar-refractivity contribution in [2.45, 2.75) is 0 Å². The van der Waals surface area contributed by atoms with E-state index in [9.17, 15) is 9.59 Å². The second-order valence-electron chi connectivity index (χ2n) is 3.40. The molecule has 0 aliphatic rings. The summed E-state index contributed by atoms with van der Waals surface area (Å²) >= 11 is 0. The van der Waals surface area contributed by atoms with Crippen LogP contribution in [0.25, 0.3) is 0 Å². The van der Waals surface area contributed by atoms with E-state index in [2.05, 4.69) is 15.3 Å². The van der Waals surface area contributed by atoms with Gasteiger partial charge in [0.15, 0.2) is 0 Å². The number of anilines is 1. The lowest BCUT2D eigenvalue weighted by Crippen LogP contribution is -2.15. The number of nitrogens with zero attached hydrogens (tertiary/aromatic N) is 2. The molecule has 0 fully saturated rings. The maximum atomic E-state index is 11.8. The molecule has 2 aromatic rings. The lowest BCUT2D eigenvalue weighted by molar-refractivity contribution is 0.0690. The molecule has 0 aromatic carbocycles. The van der Waals surface area contributed by atoms with Crippen LogP contribution in [-0.2, 0) is 0 Å². The molecule has 0 radical (unpaired) electrons. The number of amides is 1. The van der Waals surface area contributed by atoms with Crippen molar-refractivity contribution in [2.75, 3.05) is 5.32 Å². The zero-order valence-electron chi connectivity index (χ0n) is 9.20. The van der Waals surface area contributed by atoms with E-state index in [1.54, 1.807) is 12.1 Å². The minimum Gasteiger partial charge on any atom is -0.477 e. The molecule has 0 aliphatic heterocycles. The Bertz CT molecular complexity index is 584. The summed E-state index contributed by atoms with van der Waals surface area (Å²) in [6.07, 6.45) is 3.08. The van der Waals surface area contributed by atoms with Crippen LogP contribution in [0.15, 0.2) is 42.7 Å². The number of pyridine rings is 2. The van der Waals surface area contributed by atoms with Crippen LogP contribution in [0.2, 0.25) is 0 Å². The molecule has 0 bridgehead atoms. The van der Waals surface area contributed by atoms with Crippen molar-refractivity contribution in [3.8, 4) is 0 Å². The second-order valence-corrected chi connectivity index (χ2v) is 3.40. The zero-order chi connectivity index (χ0) is 13.0. The van der Waals surface area contributed by atoms with Gasteiger partial charge in [-0.2, -0.15) is 0 Å². The third-order valence-electron chi connectivity index (χ3n) is 2.14. The first-order valence-corrected chi connectivity index (χ1v) is 5.08. The summed E-state index contributed by atoms with van der Waals surface area (Å²) in [5.74, 6) is -1.64. The van der Waals surface area contributed by atoms with Gasteiger partial charge in [-0.3, -0.25) is 9.78 Å². The van der Waals surface area contributed by atoms with Crippen molar-refractivity contribution < 1.29 is 14.7 Å². The number of carbonyl (C=O) groups excluding carboxylic acids is 1. The summed E-state index contributed by atoms with van der Waals surface area (Å²) in [6, 6.07) is 7.49. The summed E-state index contributed by atoms with van der Waals surface area (Å²) in [6.45, 7) is 0. The summed E-state index contributed by atoms with van der Waals surface area (Å²) in [5.41, 5.74) is 0.446. The average molecular weight is 243 g/mol. The number of hydrogen-bond acceptors (Lipinski definition) is 4. The molecular formula is C12H9N3O3. The topological polar surface area (TPSA) is 92.2 Å². The number of aromatic carboxylic acids is 1. The van der Waals surface area contributed by atoms with Crippen LogP contribution in [0.3, 0.4) is 0 Å². The van der Waals surface area contributed by atoms with Crippen molar-refractivity contribution in [1.29, 1.82) is 0 Å². The number of carboxylic acids is 1. The summed E-state index contributed by atoms with van der Waals surface area (Å²) in [4.78, 5) is 30.1. The molecule has 0 saturated heterocycles. The smallest absolute Gasteiger partial charge is 0.354 e. The number of carbonyl (C=O) groups is 2. The molecule has 2 N–H and O–H groups in total. The number of hydrogen-bond donors (Lipinski definition) is 2. The Morgan fingerprint density at radius 2 is 1.72 bits per heavy atom. The molecule has 6 heteroatoms. The van der Waals surface area contributed by atoms with Crippen LogP contribution in [0.5, 0.6) is 0 Å². The highest BCUT2D eigenvalue weighted by Crippen LogP contribution is 2.07. The van der Waals surface area contributed by atoms with E-state index in [0.717, 1.165) is 0 Å². The van der Waals surface area contributed by atoms with E-state index >= 15 is 0 Å². The molecular weight excluding hydrogens is 234 g/mol. The second kappa shape index (κ2) is 5.05. The summed E-state index contributed by atoms with van der Waals surface area (Å²) in [5, 5.41) is 11.4. The maximum Gasteiger partial charge on any atom is 0.354 e. The van der Waals surface area contributed by atoms with Gasteiger partial charge in [0.05, 0.1) is 0 Å². The number of carboxylic acid groups (broad SMARTS) is 1. The third-order valence-corrected chi connectivity index (χ3v) is 2.14. The monoisotopic (exact) mass is 243 g/mol. The van der Waals surface area contributed by atoms with Gasteiger partial charge in [-0.15, -0.1) is 0 Å². The Morgan fingerprint density at radius 3 is 2.39 bits per heavy atom. The van der Waals surface area contributed by atoms with Gasteiger partial charge in [-0.05, 0) is 24.3 Å². The fourth-order valence-electron chi connectivity index (χ4n) is 1.31. The highest BCUT2D eigenvalue weighted by molar-refractivity contribution is 6.03. The molecule has 0 atom stereocenters. The molecule has 2 heterocycles. The van der Waals surface area contributed by atoms with Gasteiger partial charge in [0.2, 0.25) is 0 Å². The standard InChI is InChI=1S/C12H9N3O3/c16-11(14-8-4-6-13-7-5-8)9-2-1-3-10(15-9)12(17)18/h1-7H,(H,17,18)(H,13,14,16). The van der Waals surface area contributed by atoms with E-state index in [1.807, 2.05) is 0 Å². The predicted octanol–water partition coefficient (Wildman–Crippen LogP) is 1.43. The summed E-state index contributed by atoms with van der Waals surface area (Å²) < 4.78 is 0. The van der Waals surface area contributed by atoms with Crippen LogP contribution in [0, 0.1) is 0 Å². The quantitative estimate of drug-likeness (QED) is 0.850. The molecule has 2 rings (SSSR count). The van der Waals surface area contributed by atoms with E-state index in [0.29, 0.717) is 5.69 Å². The Labute approximate surface area is 102 Å². The van der Waals surface area contributed by atoms with Gasteiger partial charge in [0.1, 0.15) is 11.4 Å². The molecule has 90 valence electrons. The van der Waals surface area contributed by atoms with Gasteiger partial charge < -0.3 is 10.4 Å². The van der Waals surface area contributed by atoms with Crippen LogP contribution in [0.1, 0.15) is 21.0 Å². The highest BCUT2D eigenvalue weighted by atomic mass is 16.4. The van der Waals surface area contributed by atoms with Crippen LogP contribution >= 0.6 is 0 Å². The van der Waals surface area contributed by atoms with Crippen molar-refractivity contribution in [3.05, 3.63) is 54.1 Å². The van der Waals surface area contributed by atoms with Crippen molar-refractivity contribution in [2.24, 2.45) is 0 Å². The number of aromatic nitrogens is 2. The first-order valence-electron chi connectivity index (χ1n) is 5.08. The average Bonchev–Trinajstić information content (AvgIpc) is 2.40. The van der Waals surface area contributed by atoms with Gasteiger partial charge in [0, 0.05) is 18.1 Å². The Morgan fingerprint density at radius 1 is 1.06 bits per heavy atom. The first kappa shape index (κ1) is 11.7. The molecule has 6 nitrogen and oxygen atoms in total. The number of nitrogens with one attached hydrogen (secondary N) is 1. The zero-order valence-corrected chi connectivity index (χ0v) is 9.20. The normalized spacial score (nSPS) is 9.78. The molecule has 0 unspecified atom stereocenters. The van der Waals surface area contributed by atoms with Crippen LogP contribution in [0.4, 0.5) is 5.69 Å². The van der Waals surface area contributed by atoms with Crippen LogP contribution < -0.4 is 5.32 Å². The fraction of sp³-hybridized carbons (Fsp3) is 0. The fourth-order valence-corrected chi connectivity index (χ4v) is 1.31. The third kappa shape index (κ3) is 2.67. The molecule has 1 amide bonds. The lowest BCUT2D eigenvalue weighted by Gasteiger charge is -2.04. The SMILES string of the molecule is O=C(O)c1cccc(C(=O)Nc2ccncc2)n1. The minimum absolute atomic E-state index is 0.0479. The van der Waals surface area contributed by atoms with E-state index in [-0.39, 0.29) is 11.4 Å². The Kier molecular flexibility index (Phi) is 3.29. The molecule has 0 saturated carbocycles. The minimum atomic E-state index is -1.17. The van der Waals surface area contributed by atoms with Crippen molar-refractivity contribution >= 4 is 17.6 Å². The van der Waals surface area contributed by atoms with Crippen molar-refractivity contribution in [3.63, 3.8) is 0 Å². The van der Waals surface area contributed by atoms with Gasteiger partial charge >= 0.3 is 5.97 Å². The maximum absolute atomic E-state index is 11.8.